The van der Waals surface area contributed by atoms with E-state index in [1.807, 2.05) is 0 Å². The number of thiazole rings is 1. The molecule has 0 saturated carbocycles. The summed E-state index contributed by atoms with van der Waals surface area (Å²) >= 11 is 1.79. The minimum Gasteiger partial charge on any atom is -0.396 e. The number of anilines is 1. The van der Waals surface area contributed by atoms with Gasteiger partial charge in [0.2, 0.25) is 0 Å². The van der Waals surface area contributed by atoms with E-state index in [2.05, 4.69) is 55.3 Å². The van der Waals surface area contributed by atoms with Crippen molar-refractivity contribution in [2.45, 2.75) is 39.7 Å². The van der Waals surface area contributed by atoms with Crippen LogP contribution in [0.15, 0.2) is 24.3 Å². The molecule has 1 aromatic carbocycles. The summed E-state index contributed by atoms with van der Waals surface area (Å²) in [7, 11) is 0. The first-order chi connectivity index (χ1) is 9.63. The number of benzene rings is 1. The third-order valence-electron chi connectivity index (χ3n) is 3.31. The van der Waals surface area contributed by atoms with Crippen LogP contribution in [0.1, 0.15) is 41.0 Å². The Morgan fingerprint density at radius 3 is 2.55 bits per heavy atom. The molecule has 0 saturated heterocycles. The molecule has 2 N–H and O–H groups in total. The number of aliphatic hydroxyl groups excluding tert-OH is 1. The molecule has 2 aromatic rings. The van der Waals surface area contributed by atoms with Crippen molar-refractivity contribution >= 4 is 17.0 Å². The fourth-order valence-electron chi connectivity index (χ4n) is 2.23. The second-order valence-corrected chi connectivity index (χ2v) is 6.06. The molecule has 0 bridgehead atoms. The highest BCUT2D eigenvalue weighted by Gasteiger charge is 2.13. The van der Waals surface area contributed by atoms with E-state index < -0.39 is 0 Å². The van der Waals surface area contributed by atoms with Gasteiger partial charge in [-0.05, 0) is 44.4 Å². The van der Waals surface area contributed by atoms with Gasteiger partial charge in [0.15, 0.2) is 0 Å². The maximum absolute atomic E-state index is 8.92. The average molecular weight is 290 g/mol. The van der Waals surface area contributed by atoms with Gasteiger partial charge in [0.1, 0.15) is 0 Å². The van der Waals surface area contributed by atoms with Gasteiger partial charge in [-0.1, -0.05) is 19.1 Å². The van der Waals surface area contributed by atoms with Gasteiger partial charge in [0.25, 0.3) is 0 Å². The van der Waals surface area contributed by atoms with E-state index >= 15 is 0 Å². The van der Waals surface area contributed by atoms with Crippen LogP contribution in [0.4, 0.5) is 5.69 Å². The van der Waals surface area contributed by atoms with Gasteiger partial charge >= 0.3 is 0 Å². The van der Waals surface area contributed by atoms with Gasteiger partial charge in [-0.25, -0.2) is 4.98 Å². The lowest BCUT2D eigenvalue weighted by Crippen LogP contribution is -2.06. The van der Waals surface area contributed by atoms with Crippen molar-refractivity contribution in [1.29, 1.82) is 0 Å². The summed E-state index contributed by atoms with van der Waals surface area (Å²) in [4.78, 5) is 5.89. The van der Waals surface area contributed by atoms with Gasteiger partial charge in [0, 0.05) is 17.2 Å². The van der Waals surface area contributed by atoms with Crippen molar-refractivity contribution in [3.8, 4) is 0 Å². The Kier molecular flexibility index (Phi) is 5.15. The van der Waals surface area contributed by atoms with Gasteiger partial charge < -0.3 is 10.4 Å². The van der Waals surface area contributed by atoms with E-state index in [9.17, 15) is 0 Å². The zero-order valence-corrected chi connectivity index (χ0v) is 13.1. The van der Waals surface area contributed by atoms with Crippen LogP contribution in [0.25, 0.3) is 0 Å². The van der Waals surface area contributed by atoms with Crippen molar-refractivity contribution in [2.75, 3.05) is 11.9 Å². The maximum Gasteiger partial charge on any atom is 0.0929 e. The third kappa shape index (κ3) is 3.58. The molecule has 108 valence electrons. The molecule has 0 aliphatic carbocycles. The van der Waals surface area contributed by atoms with Gasteiger partial charge in [-0.2, -0.15) is 0 Å². The van der Waals surface area contributed by atoms with Crippen LogP contribution < -0.4 is 5.32 Å². The van der Waals surface area contributed by atoms with E-state index in [4.69, 9.17) is 5.11 Å². The van der Waals surface area contributed by atoms with E-state index in [1.165, 1.54) is 9.88 Å². The number of nitrogens with one attached hydrogen (secondary N) is 1. The largest absolute Gasteiger partial charge is 0.396 e. The topological polar surface area (TPSA) is 45.2 Å². The Balaban J connectivity index is 2.06. The molecule has 0 spiro atoms. The molecular formula is C16H22N2OS. The first-order valence-corrected chi connectivity index (χ1v) is 7.88. The quantitative estimate of drug-likeness (QED) is 0.852. The summed E-state index contributed by atoms with van der Waals surface area (Å²) in [5.74, 6) is 0. The fraction of sp³-hybridized carbons (Fsp3) is 0.438. The van der Waals surface area contributed by atoms with Crippen LogP contribution in [-0.4, -0.2) is 16.7 Å². The van der Waals surface area contributed by atoms with Crippen molar-refractivity contribution in [3.63, 3.8) is 0 Å². The van der Waals surface area contributed by atoms with Crippen LogP contribution in [-0.2, 0) is 12.8 Å². The highest BCUT2D eigenvalue weighted by molar-refractivity contribution is 7.11. The number of aliphatic hydroxyl groups is 1. The van der Waals surface area contributed by atoms with E-state index in [0.29, 0.717) is 6.42 Å². The summed E-state index contributed by atoms with van der Waals surface area (Å²) in [5.41, 5.74) is 3.39. The number of aromatic nitrogens is 1. The SMILES string of the molecule is CCc1nc(C)c(C(C)Nc2ccc(CCO)cc2)s1. The summed E-state index contributed by atoms with van der Waals surface area (Å²) < 4.78 is 0. The predicted octanol–water partition coefficient (Wildman–Crippen LogP) is 3.72. The van der Waals surface area contributed by atoms with Gasteiger partial charge in [-0.15, -0.1) is 11.3 Å². The third-order valence-corrected chi connectivity index (χ3v) is 4.79. The lowest BCUT2D eigenvalue weighted by Gasteiger charge is -2.14. The fourth-order valence-corrected chi connectivity index (χ4v) is 3.24. The molecule has 1 atom stereocenters. The van der Waals surface area contributed by atoms with Gasteiger partial charge in [-0.3, -0.25) is 0 Å². The lowest BCUT2D eigenvalue weighted by atomic mass is 10.1. The highest BCUT2D eigenvalue weighted by Crippen LogP contribution is 2.28. The summed E-state index contributed by atoms with van der Waals surface area (Å²) in [6, 6.07) is 8.51. The Hall–Kier alpha value is -1.39. The molecular weight excluding hydrogens is 268 g/mol. The molecule has 2 rings (SSSR count). The number of rotatable bonds is 6. The average Bonchev–Trinajstić information content (AvgIpc) is 2.83. The van der Waals surface area contributed by atoms with Crippen LogP contribution in [0.3, 0.4) is 0 Å². The Labute approximate surface area is 124 Å². The number of nitrogens with zero attached hydrogens (tertiary/aromatic N) is 1. The molecule has 0 aliphatic heterocycles. The predicted molar refractivity (Wildman–Crippen MR) is 85.5 cm³/mol. The molecule has 4 heteroatoms. The minimum atomic E-state index is 0.197. The second kappa shape index (κ2) is 6.86. The molecule has 20 heavy (non-hydrogen) atoms. The molecule has 1 unspecified atom stereocenters. The van der Waals surface area contributed by atoms with Crippen LogP contribution in [0, 0.1) is 6.92 Å². The molecule has 1 heterocycles. The normalized spacial score (nSPS) is 12.4. The van der Waals surface area contributed by atoms with Crippen molar-refractivity contribution in [3.05, 3.63) is 45.4 Å². The van der Waals surface area contributed by atoms with Crippen LogP contribution in [0.2, 0.25) is 0 Å². The Morgan fingerprint density at radius 2 is 2.00 bits per heavy atom. The minimum absolute atomic E-state index is 0.197. The summed E-state index contributed by atoms with van der Waals surface area (Å²) in [6.45, 7) is 6.58. The first kappa shape index (κ1) is 15.0. The highest BCUT2D eigenvalue weighted by atomic mass is 32.1. The van der Waals surface area contributed by atoms with Crippen molar-refractivity contribution < 1.29 is 5.11 Å². The van der Waals surface area contributed by atoms with Crippen molar-refractivity contribution in [2.24, 2.45) is 0 Å². The van der Waals surface area contributed by atoms with E-state index in [-0.39, 0.29) is 12.6 Å². The Bertz CT molecular complexity index is 548. The molecule has 0 aliphatic rings. The maximum atomic E-state index is 8.92. The van der Waals surface area contributed by atoms with E-state index in [0.717, 1.165) is 23.4 Å². The van der Waals surface area contributed by atoms with Crippen LogP contribution in [0.5, 0.6) is 0 Å². The summed E-state index contributed by atoms with van der Waals surface area (Å²) in [5, 5.41) is 13.6. The molecule has 1 aromatic heterocycles. The van der Waals surface area contributed by atoms with Gasteiger partial charge in [0.05, 0.1) is 16.7 Å². The summed E-state index contributed by atoms with van der Waals surface area (Å²) in [6.07, 6.45) is 1.71. The monoisotopic (exact) mass is 290 g/mol. The molecule has 0 fully saturated rings. The second-order valence-electron chi connectivity index (χ2n) is 4.95. The number of hydrogen-bond acceptors (Lipinski definition) is 4. The standard InChI is InChI=1S/C16H22N2OS/c1-4-15-18-12(3)16(20-15)11(2)17-14-7-5-13(6-8-14)9-10-19/h5-8,11,17,19H,4,9-10H2,1-3H3. The number of aryl methyl sites for hydroxylation is 2. The first-order valence-electron chi connectivity index (χ1n) is 7.06. The zero-order chi connectivity index (χ0) is 14.5. The molecule has 3 nitrogen and oxygen atoms in total. The van der Waals surface area contributed by atoms with E-state index in [1.54, 1.807) is 11.3 Å². The smallest absolute Gasteiger partial charge is 0.0929 e. The zero-order valence-electron chi connectivity index (χ0n) is 12.3. The lowest BCUT2D eigenvalue weighted by molar-refractivity contribution is 0.299. The molecule has 0 radical (unpaired) electrons. The van der Waals surface area contributed by atoms with Crippen molar-refractivity contribution in [1.82, 2.24) is 4.98 Å². The molecule has 0 amide bonds. The van der Waals surface area contributed by atoms with Crippen LogP contribution >= 0.6 is 11.3 Å². The number of hydrogen-bond donors (Lipinski definition) is 2. The Morgan fingerprint density at radius 1 is 1.30 bits per heavy atom.